The van der Waals surface area contributed by atoms with Gasteiger partial charge in [0.1, 0.15) is 5.75 Å². The topological polar surface area (TPSA) is 111 Å². The van der Waals surface area contributed by atoms with Crippen LogP contribution in [0.2, 0.25) is 5.02 Å². The van der Waals surface area contributed by atoms with Crippen LogP contribution in [0, 0.1) is 11.8 Å². The number of aryl methyl sites for hydroxylation is 1. The van der Waals surface area contributed by atoms with Gasteiger partial charge in [0.2, 0.25) is 5.91 Å². The molecule has 2 bridgehead atoms. The van der Waals surface area contributed by atoms with E-state index in [1.165, 1.54) is 16.0 Å². The quantitative estimate of drug-likeness (QED) is 0.404. The molecule has 8 nitrogen and oxygen atoms in total. The van der Waals surface area contributed by atoms with Crippen LogP contribution in [-0.4, -0.2) is 71.5 Å². The highest BCUT2D eigenvalue weighted by Gasteiger charge is 2.46. The second kappa shape index (κ2) is 11.8. The van der Waals surface area contributed by atoms with E-state index in [1.807, 2.05) is 18.2 Å². The number of carbonyl (C=O) groups is 2. The lowest BCUT2D eigenvalue weighted by atomic mass is 9.68. The number of benzene rings is 2. The van der Waals surface area contributed by atoms with Gasteiger partial charge in [-0.2, -0.15) is 0 Å². The number of hydrogen-bond donors (Lipinski definition) is 3. The van der Waals surface area contributed by atoms with Crippen LogP contribution in [0.3, 0.4) is 0 Å². The van der Waals surface area contributed by atoms with Gasteiger partial charge < -0.3 is 29.9 Å². The third-order valence-corrected chi connectivity index (χ3v) is 10.5. The molecule has 9 heteroatoms. The van der Waals surface area contributed by atoms with Crippen molar-refractivity contribution in [2.75, 3.05) is 38.2 Å². The van der Waals surface area contributed by atoms with Crippen LogP contribution < -0.4 is 9.64 Å². The fourth-order valence-corrected chi connectivity index (χ4v) is 7.72. The number of nitrogens with zero attached hydrogens (tertiary/aromatic N) is 2. The Morgan fingerprint density at radius 2 is 1.98 bits per heavy atom. The van der Waals surface area contributed by atoms with Crippen molar-refractivity contribution in [3.63, 3.8) is 0 Å². The van der Waals surface area contributed by atoms with Crippen LogP contribution in [0.4, 0.5) is 5.69 Å². The van der Waals surface area contributed by atoms with Crippen molar-refractivity contribution in [1.82, 2.24) is 4.90 Å². The first kappa shape index (κ1) is 30.0. The number of allylic oxidation sites excluding steroid dienone is 1. The van der Waals surface area contributed by atoms with Gasteiger partial charge in [-0.25, -0.2) is 4.79 Å². The molecule has 0 aromatic heterocycles. The van der Waals surface area contributed by atoms with Crippen LogP contribution in [0.25, 0.3) is 0 Å². The minimum Gasteiger partial charge on any atom is -0.490 e. The fourth-order valence-electron chi connectivity index (χ4n) is 7.53. The first-order chi connectivity index (χ1) is 20.6. The number of carbonyl (C=O) groups excluding carboxylic acids is 1. The molecule has 43 heavy (non-hydrogen) atoms. The number of halogens is 1. The molecule has 1 saturated carbocycles. The van der Waals surface area contributed by atoms with Crippen molar-refractivity contribution in [2.24, 2.45) is 11.8 Å². The van der Waals surface area contributed by atoms with Crippen LogP contribution in [0.1, 0.15) is 61.6 Å². The van der Waals surface area contributed by atoms with Crippen molar-refractivity contribution in [2.45, 2.75) is 68.5 Å². The first-order valence-electron chi connectivity index (χ1n) is 15.5. The summed E-state index contributed by atoms with van der Waals surface area (Å²) in [7, 11) is 1.62. The molecular formula is C34H41ClN2O6. The van der Waals surface area contributed by atoms with Gasteiger partial charge >= 0.3 is 5.97 Å². The first-order valence-corrected chi connectivity index (χ1v) is 15.8. The monoisotopic (exact) mass is 608 g/mol. The standard InChI is InChI=1S/C34H41ClN2O6/c1-36-15-4-2-3-7-29(38)26-11-8-23(26)19-37-20-33(14-5-6-22-16-25(35)10-12-27(22)33)21-43-30-13-9-24(17-28(30)37)34(42,32(40)41)18-31(36)39/h3,7,9-10,12-13,16-17,23,26,29,38,42H,2,4-6,8,11,14-15,18-21H2,1H3,(H,40,41)/b7-3+/t23-,26+,29-,33-,34-/m0/s1. The summed E-state index contributed by atoms with van der Waals surface area (Å²) in [5.41, 5.74) is 0.601. The molecule has 0 unspecified atom stereocenters. The second-order valence-corrected chi connectivity index (χ2v) is 13.4. The molecule has 1 spiro atoms. The molecule has 1 amide bonds. The lowest BCUT2D eigenvalue weighted by Gasteiger charge is -2.45. The number of anilines is 1. The number of aliphatic hydroxyl groups is 2. The Hall–Kier alpha value is -3.07. The average molecular weight is 609 g/mol. The Labute approximate surface area is 257 Å². The molecule has 6 rings (SSSR count). The van der Waals surface area contributed by atoms with Crippen molar-refractivity contribution in [3.8, 4) is 5.75 Å². The summed E-state index contributed by atoms with van der Waals surface area (Å²) in [5, 5.41) is 33.6. The van der Waals surface area contributed by atoms with E-state index in [0.29, 0.717) is 55.5 Å². The van der Waals surface area contributed by atoms with Gasteiger partial charge in [-0.1, -0.05) is 35.9 Å². The maximum absolute atomic E-state index is 13.1. The Morgan fingerprint density at radius 1 is 1.14 bits per heavy atom. The molecular weight excluding hydrogens is 568 g/mol. The number of carboxylic acids is 1. The summed E-state index contributed by atoms with van der Waals surface area (Å²) in [4.78, 5) is 29.4. The number of carboxylic acid groups (broad SMARTS) is 1. The molecule has 1 fully saturated rings. The number of aliphatic hydroxyl groups excluding tert-OH is 1. The van der Waals surface area contributed by atoms with Crippen LogP contribution in [-0.2, 0) is 27.0 Å². The smallest absolute Gasteiger partial charge is 0.340 e. The average Bonchev–Trinajstić information content (AvgIpc) is 3.11. The number of aliphatic carboxylic acids is 1. The summed E-state index contributed by atoms with van der Waals surface area (Å²) in [6, 6.07) is 11.1. The van der Waals surface area contributed by atoms with E-state index in [-0.39, 0.29) is 22.8 Å². The minimum atomic E-state index is -2.40. The molecule has 0 radical (unpaired) electrons. The highest BCUT2D eigenvalue weighted by Crippen LogP contribution is 2.47. The van der Waals surface area contributed by atoms with Gasteiger partial charge in [-0.15, -0.1) is 0 Å². The normalized spacial score (nSPS) is 32.0. The summed E-state index contributed by atoms with van der Waals surface area (Å²) in [6.45, 7) is 2.17. The molecule has 2 aliphatic heterocycles. The fraction of sp³-hybridized carbons (Fsp3) is 0.529. The lowest BCUT2D eigenvalue weighted by Crippen LogP contribution is -2.49. The van der Waals surface area contributed by atoms with E-state index in [0.717, 1.165) is 32.1 Å². The summed E-state index contributed by atoms with van der Waals surface area (Å²) >= 11 is 6.39. The van der Waals surface area contributed by atoms with Crippen molar-refractivity contribution in [1.29, 1.82) is 0 Å². The molecule has 5 atom stereocenters. The SMILES string of the molecule is CN1CCC/C=C/[C@H](O)[C@@H]2CC[C@H]2CN2C[C@@]3(CCCc4cc(Cl)ccc43)COc3ccc(cc32)[C@](O)(C(=O)O)CC1=O. The highest BCUT2D eigenvalue weighted by atomic mass is 35.5. The van der Waals surface area contributed by atoms with Gasteiger partial charge in [-0.05, 0) is 97.7 Å². The van der Waals surface area contributed by atoms with Gasteiger partial charge in [-0.3, -0.25) is 4.79 Å². The van der Waals surface area contributed by atoms with E-state index in [2.05, 4.69) is 17.0 Å². The molecule has 4 aliphatic rings. The van der Waals surface area contributed by atoms with Gasteiger partial charge in [0.25, 0.3) is 0 Å². The molecule has 2 heterocycles. The second-order valence-electron chi connectivity index (χ2n) is 13.0. The third-order valence-electron chi connectivity index (χ3n) is 10.3. The van der Waals surface area contributed by atoms with Crippen LogP contribution >= 0.6 is 11.6 Å². The Balaban J connectivity index is 1.45. The summed E-state index contributed by atoms with van der Waals surface area (Å²) < 4.78 is 6.54. The summed E-state index contributed by atoms with van der Waals surface area (Å²) in [6.07, 6.45) is 8.90. The third kappa shape index (κ3) is 5.65. The zero-order valence-corrected chi connectivity index (χ0v) is 25.4. The number of ether oxygens (including phenoxy) is 1. The number of fused-ring (bicyclic) bond motifs is 4. The molecule has 2 aliphatic carbocycles. The number of amides is 1. The van der Waals surface area contributed by atoms with Crippen molar-refractivity contribution >= 4 is 29.2 Å². The maximum atomic E-state index is 13.1. The molecule has 230 valence electrons. The zero-order chi connectivity index (χ0) is 30.4. The molecule has 2 aromatic carbocycles. The van der Waals surface area contributed by atoms with Crippen molar-refractivity contribution < 1.29 is 29.6 Å². The predicted octanol–water partition coefficient (Wildman–Crippen LogP) is 4.67. The number of rotatable bonds is 1. The lowest BCUT2D eigenvalue weighted by molar-refractivity contribution is -0.164. The zero-order valence-electron chi connectivity index (χ0n) is 24.7. The van der Waals surface area contributed by atoms with E-state index in [9.17, 15) is 24.9 Å². The van der Waals surface area contributed by atoms with E-state index in [1.54, 1.807) is 25.2 Å². The highest BCUT2D eigenvalue weighted by molar-refractivity contribution is 6.30. The van der Waals surface area contributed by atoms with E-state index in [4.69, 9.17) is 16.3 Å². The Bertz CT molecular complexity index is 1430. The predicted molar refractivity (Wildman–Crippen MR) is 165 cm³/mol. The Kier molecular flexibility index (Phi) is 8.22. The number of hydrogen-bond acceptors (Lipinski definition) is 6. The van der Waals surface area contributed by atoms with Gasteiger partial charge in [0.15, 0.2) is 5.60 Å². The minimum absolute atomic E-state index is 0.122. The molecule has 3 N–H and O–H groups in total. The van der Waals surface area contributed by atoms with Crippen LogP contribution in [0.5, 0.6) is 5.75 Å². The van der Waals surface area contributed by atoms with Crippen molar-refractivity contribution in [3.05, 3.63) is 70.3 Å². The van der Waals surface area contributed by atoms with Gasteiger partial charge in [0.05, 0.1) is 24.8 Å². The van der Waals surface area contributed by atoms with Crippen LogP contribution in [0.15, 0.2) is 48.6 Å². The van der Waals surface area contributed by atoms with Gasteiger partial charge in [0, 0.05) is 37.1 Å². The largest absolute Gasteiger partial charge is 0.490 e. The molecule has 2 aromatic rings. The van der Waals surface area contributed by atoms with E-state index < -0.39 is 30.0 Å². The Morgan fingerprint density at radius 3 is 2.74 bits per heavy atom. The maximum Gasteiger partial charge on any atom is 0.340 e. The summed E-state index contributed by atoms with van der Waals surface area (Å²) in [5.74, 6) is -0.937. The molecule has 0 saturated heterocycles. The van der Waals surface area contributed by atoms with E-state index >= 15 is 0 Å².